The molecular weight excluding hydrogens is 175 g/mol. The highest BCUT2D eigenvalue weighted by Gasteiger charge is 2.58. The average molecular weight is 190 g/mol. The second kappa shape index (κ2) is 3.25. The van der Waals surface area contributed by atoms with Crippen molar-refractivity contribution in [2.24, 2.45) is 0 Å². The highest BCUT2D eigenvalue weighted by atomic mass is 19.1. The van der Waals surface area contributed by atoms with E-state index >= 15 is 0 Å². The number of carbonyl (C=O) groups is 1. The Balaban J connectivity index is 2.47. The Bertz CT molecular complexity index is 209. The van der Waals surface area contributed by atoms with Gasteiger partial charge < -0.3 is 9.84 Å². The number of ether oxygens (including phenoxy) is 1. The van der Waals surface area contributed by atoms with Crippen molar-refractivity contribution in [1.29, 1.82) is 0 Å². The number of alkyl halides is 1. The van der Waals surface area contributed by atoms with Crippen LogP contribution in [0.2, 0.25) is 0 Å². The van der Waals surface area contributed by atoms with Crippen molar-refractivity contribution >= 4 is 5.97 Å². The van der Waals surface area contributed by atoms with E-state index in [4.69, 9.17) is 0 Å². The van der Waals surface area contributed by atoms with Crippen molar-refractivity contribution < 1.29 is 19.0 Å². The SMILES string of the molecule is CCOC(=O)CC(C)(O)C1(F)CC1. The lowest BCUT2D eigenvalue weighted by atomic mass is 9.94. The Morgan fingerprint density at radius 1 is 1.69 bits per heavy atom. The van der Waals surface area contributed by atoms with Gasteiger partial charge in [0.15, 0.2) is 0 Å². The minimum atomic E-state index is -1.57. The van der Waals surface area contributed by atoms with Crippen LogP contribution in [0.4, 0.5) is 4.39 Å². The van der Waals surface area contributed by atoms with Crippen LogP contribution in [0.25, 0.3) is 0 Å². The van der Waals surface area contributed by atoms with E-state index in [2.05, 4.69) is 4.74 Å². The van der Waals surface area contributed by atoms with Crippen LogP contribution in [0.15, 0.2) is 0 Å². The first kappa shape index (κ1) is 10.4. The quantitative estimate of drug-likeness (QED) is 0.677. The Morgan fingerprint density at radius 2 is 2.23 bits per heavy atom. The standard InChI is InChI=1S/C9H15FO3/c1-3-13-7(11)6-8(2,12)9(10)4-5-9/h12H,3-6H2,1-2H3. The third kappa shape index (κ3) is 2.18. The molecule has 1 N–H and O–H groups in total. The zero-order valence-electron chi connectivity index (χ0n) is 7.97. The molecule has 0 bridgehead atoms. The monoisotopic (exact) mass is 190 g/mol. The molecule has 4 heteroatoms. The molecule has 1 fully saturated rings. The van der Waals surface area contributed by atoms with Crippen LogP contribution < -0.4 is 0 Å². The molecule has 1 aliphatic carbocycles. The number of carbonyl (C=O) groups excluding carboxylic acids is 1. The number of hydrogen-bond acceptors (Lipinski definition) is 3. The minimum absolute atomic E-state index is 0.258. The normalized spacial score (nSPS) is 23.4. The maximum atomic E-state index is 13.4. The summed E-state index contributed by atoms with van der Waals surface area (Å²) in [6.07, 6.45) is 0.399. The molecule has 1 unspecified atom stereocenters. The minimum Gasteiger partial charge on any atom is -0.466 e. The third-order valence-corrected chi connectivity index (χ3v) is 2.45. The highest BCUT2D eigenvalue weighted by molar-refractivity contribution is 5.71. The molecule has 0 aromatic heterocycles. The fourth-order valence-corrected chi connectivity index (χ4v) is 1.30. The summed E-state index contributed by atoms with van der Waals surface area (Å²) in [5.41, 5.74) is -3.14. The van der Waals surface area contributed by atoms with E-state index in [0.29, 0.717) is 12.8 Å². The van der Waals surface area contributed by atoms with Gasteiger partial charge in [0.1, 0.15) is 11.3 Å². The van der Waals surface area contributed by atoms with E-state index in [1.54, 1.807) is 6.92 Å². The molecule has 0 saturated heterocycles. The van der Waals surface area contributed by atoms with E-state index < -0.39 is 17.2 Å². The van der Waals surface area contributed by atoms with Gasteiger partial charge in [-0.3, -0.25) is 4.79 Å². The summed E-state index contributed by atoms with van der Waals surface area (Å²) in [7, 11) is 0. The maximum Gasteiger partial charge on any atom is 0.308 e. The van der Waals surface area contributed by atoms with Gasteiger partial charge in [-0.25, -0.2) is 4.39 Å². The molecule has 0 spiro atoms. The van der Waals surface area contributed by atoms with Crippen molar-refractivity contribution in [3.8, 4) is 0 Å². The summed E-state index contributed by atoms with van der Waals surface area (Å²) in [5.74, 6) is -0.545. The molecule has 0 amide bonds. The molecule has 0 aromatic carbocycles. The summed E-state index contributed by atoms with van der Waals surface area (Å²) < 4.78 is 18.1. The van der Waals surface area contributed by atoms with Gasteiger partial charge >= 0.3 is 5.97 Å². The van der Waals surface area contributed by atoms with Crippen molar-refractivity contribution in [2.45, 2.75) is 44.4 Å². The first-order valence-corrected chi connectivity index (χ1v) is 4.48. The Morgan fingerprint density at radius 3 is 2.62 bits per heavy atom. The van der Waals surface area contributed by atoms with Gasteiger partial charge in [-0.2, -0.15) is 0 Å². The molecule has 0 aromatic rings. The van der Waals surface area contributed by atoms with Gasteiger partial charge in [0, 0.05) is 0 Å². The molecule has 1 aliphatic rings. The van der Waals surface area contributed by atoms with Crippen LogP contribution >= 0.6 is 0 Å². The lowest BCUT2D eigenvalue weighted by molar-refractivity contribution is -0.151. The summed E-state index contributed by atoms with van der Waals surface area (Å²) in [6, 6.07) is 0. The molecule has 0 aliphatic heterocycles. The van der Waals surface area contributed by atoms with Gasteiger partial charge in [0.05, 0.1) is 13.0 Å². The topological polar surface area (TPSA) is 46.5 Å². The Hall–Kier alpha value is -0.640. The third-order valence-electron chi connectivity index (χ3n) is 2.45. The first-order chi connectivity index (χ1) is 5.91. The zero-order chi connectivity index (χ0) is 10.1. The van der Waals surface area contributed by atoms with Crippen molar-refractivity contribution in [3.05, 3.63) is 0 Å². The van der Waals surface area contributed by atoms with Gasteiger partial charge in [-0.05, 0) is 26.7 Å². The number of rotatable bonds is 4. The second-order valence-corrected chi connectivity index (χ2v) is 3.72. The summed E-state index contributed by atoms with van der Waals surface area (Å²) in [5, 5.41) is 9.63. The first-order valence-electron chi connectivity index (χ1n) is 4.48. The highest BCUT2D eigenvalue weighted by Crippen LogP contribution is 2.49. The zero-order valence-corrected chi connectivity index (χ0v) is 7.97. The van der Waals surface area contributed by atoms with Gasteiger partial charge in [-0.15, -0.1) is 0 Å². The summed E-state index contributed by atoms with van der Waals surface area (Å²) in [6.45, 7) is 3.28. The van der Waals surface area contributed by atoms with E-state index in [1.807, 2.05) is 0 Å². The van der Waals surface area contributed by atoms with Gasteiger partial charge in [0.2, 0.25) is 0 Å². The molecule has 1 rings (SSSR count). The molecule has 0 heterocycles. The molecule has 0 radical (unpaired) electrons. The van der Waals surface area contributed by atoms with E-state index in [-0.39, 0.29) is 13.0 Å². The van der Waals surface area contributed by atoms with E-state index in [9.17, 15) is 14.3 Å². The fraction of sp³-hybridized carbons (Fsp3) is 0.889. The lowest BCUT2D eigenvalue weighted by Gasteiger charge is -2.25. The average Bonchev–Trinajstić information content (AvgIpc) is 2.68. The summed E-state index contributed by atoms with van der Waals surface area (Å²) >= 11 is 0. The number of hydrogen-bond donors (Lipinski definition) is 1. The second-order valence-electron chi connectivity index (χ2n) is 3.72. The van der Waals surface area contributed by atoms with Crippen molar-refractivity contribution in [1.82, 2.24) is 0 Å². The van der Waals surface area contributed by atoms with Crippen LogP contribution in [0.3, 0.4) is 0 Å². The molecule has 1 atom stereocenters. The molecule has 1 saturated carbocycles. The lowest BCUT2D eigenvalue weighted by Crippen LogP contribution is -2.40. The van der Waals surface area contributed by atoms with Crippen LogP contribution in [-0.2, 0) is 9.53 Å². The molecule has 76 valence electrons. The maximum absolute atomic E-state index is 13.4. The van der Waals surface area contributed by atoms with Gasteiger partial charge in [-0.1, -0.05) is 0 Å². The smallest absolute Gasteiger partial charge is 0.308 e. The predicted molar refractivity (Wildman–Crippen MR) is 44.9 cm³/mol. The molecular formula is C9H15FO3. The van der Waals surface area contributed by atoms with Gasteiger partial charge in [0.25, 0.3) is 0 Å². The van der Waals surface area contributed by atoms with E-state index in [0.717, 1.165) is 0 Å². The van der Waals surface area contributed by atoms with Crippen LogP contribution in [0.5, 0.6) is 0 Å². The van der Waals surface area contributed by atoms with Crippen molar-refractivity contribution in [2.75, 3.05) is 6.61 Å². The van der Waals surface area contributed by atoms with Crippen LogP contribution in [-0.4, -0.2) is 29.0 Å². The Labute approximate surface area is 76.9 Å². The van der Waals surface area contributed by atoms with Crippen LogP contribution in [0.1, 0.15) is 33.1 Å². The predicted octanol–water partition coefficient (Wildman–Crippen LogP) is 1.19. The Kier molecular flexibility index (Phi) is 2.61. The molecule has 13 heavy (non-hydrogen) atoms. The largest absolute Gasteiger partial charge is 0.466 e. The van der Waals surface area contributed by atoms with Crippen LogP contribution in [0, 0.1) is 0 Å². The number of esters is 1. The number of halogens is 1. The number of aliphatic hydroxyl groups is 1. The fourth-order valence-electron chi connectivity index (χ4n) is 1.30. The molecule has 3 nitrogen and oxygen atoms in total. The summed E-state index contributed by atoms with van der Waals surface area (Å²) in [4.78, 5) is 11.0. The van der Waals surface area contributed by atoms with Crippen molar-refractivity contribution in [3.63, 3.8) is 0 Å². The van der Waals surface area contributed by atoms with E-state index in [1.165, 1.54) is 6.92 Å².